The van der Waals surface area contributed by atoms with E-state index in [1.165, 1.54) is 4.31 Å². The van der Waals surface area contributed by atoms with Crippen molar-refractivity contribution in [2.24, 2.45) is 14.1 Å². The van der Waals surface area contributed by atoms with E-state index in [1.54, 1.807) is 29.0 Å². The van der Waals surface area contributed by atoms with Crippen LogP contribution >= 0.6 is 0 Å². The number of piperazine rings is 1. The maximum atomic E-state index is 14.3. The minimum atomic E-state index is -3.84. The standard InChI is InChI=1S/C30H30N10O3S/c1-37-16-20(14-34-37)26-23(18-4-5-21-19(12-18)13-35-39(21)3)24-25-22(15-32-27(24)36-26)38(2)28(41)30(25)17-40(11-10-33-30)44(42,43)29(6-7-29)8-9-31/h4-5,12-16,33H,6-8,10-11,17H2,1-3H3,(H,32,36). The van der Waals surface area contributed by atoms with E-state index in [4.69, 9.17) is 4.98 Å². The van der Waals surface area contributed by atoms with Crippen molar-refractivity contribution in [3.8, 4) is 28.5 Å². The number of aromatic amines is 1. The number of nitrogens with zero attached hydrogens (tertiary/aromatic N) is 8. The number of fused-ring (bicyclic) bond motifs is 5. The molecule has 4 aromatic heterocycles. The molecule has 14 heteroatoms. The van der Waals surface area contributed by atoms with Gasteiger partial charge >= 0.3 is 0 Å². The Balaban J connectivity index is 1.39. The van der Waals surface area contributed by atoms with Gasteiger partial charge in [-0.3, -0.25) is 19.5 Å². The molecule has 5 aromatic rings. The number of aryl methyl sites for hydroxylation is 2. The second-order valence-electron chi connectivity index (χ2n) is 12.1. The monoisotopic (exact) mass is 610 g/mol. The Bertz CT molecular complexity index is 2180. The molecule has 0 radical (unpaired) electrons. The van der Waals surface area contributed by atoms with Crippen LogP contribution in [-0.4, -0.2) is 79.6 Å². The number of nitriles is 1. The fourth-order valence-electron chi connectivity index (χ4n) is 7.10. The van der Waals surface area contributed by atoms with Crippen molar-refractivity contribution in [1.82, 2.24) is 39.2 Å². The van der Waals surface area contributed by atoms with Crippen LogP contribution in [0.5, 0.6) is 0 Å². The summed E-state index contributed by atoms with van der Waals surface area (Å²) in [5.74, 6) is -0.246. The smallest absolute Gasteiger partial charge is 0.253 e. The summed E-state index contributed by atoms with van der Waals surface area (Å²) in [7, 11) is 1.62. The zero-order valence-corrected chi connectivity index (χ0v) is 25.3. The highest BCUT2D eigenvalue weighted by Gasteiger charge is 2.61. The number of rotatable bonds is 5. The number of hydrogen-bond donors (Lipinski definition) is 2. The van der Waals surface area contributed by atoms with E-state index in [-0.39, 0.29) is 32.0 Å². The van der Waals surface area contributed by atoms with Crippen molar-refractivity contribution in [2.45, 2.75) is 29.5 Å². The maximum Gasteiger partial charge on any atom is 0.253 e. The molecule has 1 saturated heterocycles. The average molecular weight is 611 g/mol. The van der Waals surface area contributed by atoms with Gasteiger partial charge in [-0.2, -0.15) is 19.8 Å². The highest BCUT2D eigenvalue weighted by molar-refractivity contribution is 7.90. The molecule has 1 aromatic carbocycles. The normalized spacial score (nSPS) is 21.4. The van der Waals surface area contributed by atoms with E-state index < -0.39 is 20.3 Å². The third-order valence-electron chi connectivity index (χ3n) is 9.59. The Hall–Kier alpha value is -4.58. The lowest BCUT2D eigenvalue weighted by Crippen LogP contribution is -2.64. The molecule has 2 N–H and O–H groups in total. The number of nitrogens with one attached hydrogen (secondary N) is 2. The first-order valence-corrected chi connectivity index (χ1v) is 15.9. The van der Waals surface area contributed by atoms with Gasteiger partial charge in [-0.25, -0.2) is 13.4 Å². The molecule has 3 aliphatic rings. The Morgan fingerprint density at radius 1 is 1.09 bits per heavy atom. The number of anilines is 1. The van der Waals surface area contributed by atoms with Crippen LogP contribution in [0.15, 0.2) is 43.0 Å². The SMILES string of the molecule is CN1C(=O)C2(CN(S(=O)(=O)C3(CC#N)CC3)CCN2)c2c1cnc1[nH]c(-c3cnn(C)c3)c(-c3ccc4c(cnn4C)c3)c21. The van der Waals surface area contributed by atoms with Crippen LogP contribution in [0.4, 0.5) is 5.69 Å². The van der Waals surface area contributed by atoms with E-state index in [0.29, 0.717) is 29.7 Å². The molecule has 224 valence electrons. The zero-order chi connectivity index (χ0) is 30.6. The van der Waals surface area contributed by atoms with Crippen LogP contribution in [0.3, 0.4) is 0 Å². The van der Waals surface area contributed by atoms with E-state index in [0.717, 1.165) is 38.7 Å². The van der Waals surface area contributed by atoms with Crippen LogP contribution in [0.2, 0.25) is 0 Å². The molecule has 1 saturated carbocycles. The Morgan fingerprint density at radius 2 is 1.91 bits per heavy atom. The number of carbonyl (C=O) groups excluding carboxylic acids is 1. The minimum Gasteiger partial charge on any atom is -0.339 e. The fraction of sp³-hybridized carbons (Fsp3) is 0.367. The molecular weight excluding hydrogens is 580 g/mol. The maximum absolute atomic E-state index is 14.3. The summed E-state index contributed by atoms with van der Waals surface area (Å²) in [6, 6.07) is 8.19. The number of sulfonamides is 1. The number of aromatic nitrogens is 6. The van der Waals surface area contributed by atoms with Crippen LogP contribution in [0.25, 0.3) is 44.3 Å². The summed E-state index contributed by atoms with van der Waals surface area (Å²) in [6.45, 7) is 0.421. The lowest BCUT2D eigenvalue weighted by Gasteiger charge is -2.41. The van der Waals surface area contributed by atoms with Gasteiger partial charge in [0.2, 0.25) is 10.0 Å². The Labute approximate surface area is 253 Å². The van der Waals surface area contributed by atoms with Gasteiger partial charge in [-0.1, -0.05) is 6.07 Å². The zero-order valence-electron chi connectivity index (χ0n) is 24.5. The predicted molar refractivity (Wildman–Crippen MR) is 164 cm³/mol. The van der Waals surface area contributed by atoms with Gasteiger partial charge in [0.05, 0.1) is 52.7 Å². The third-order valence-corrected chi connectivity index (χ3v) is 12.2. The van der Waals surface area contributed by atoms with Crippen LogP contribution in [-0.2, 0) is 34.5 Å². The summed E-state index contributed by atoms with van der Waals surface area (Å²) in [4.78, 5) is 24.1. The molecule has 8 rings (SSSR count). The van der Waals surface area contributed by atoms with Crippen molar-refractivity contribution in [3.63, 3.8) is 0 Å². The summed E-state index contributed by atoms with van der Waals surface area (Å²) in [5, 5.41) is 23.4. The first kappa shape index (κ1) is 27.0. The molecule has 1 unspecified atom stereocenters. The molecule has 2 fully saturated rings. The van der Waals surface area contributed by atoms with Crippen LogP contribution in [0.1, 0.15) is 24.8 Å². The molecule has 2 aliphatic heterocycles. The fourth-order valence-corrected chi connectivity index (χ4v) is 9.21. The molecule has 1 atom stereocenters. The van der Waals surface area contributed by atoms with Crippen molar-refractivity contribution < 1.29 is 13.2 Å². The van der Waals surface area contributed by atoms with Crippen molar-refractivity contribution >= 4 is 43.6 Å². The molecule has 0 bridgehead atoms. The molecule has 1 spiro atoms. The van der Waals surface area contributed by atoms with E-state index >= 15 is 0 Å². The van der Waals surface area contributed by atoms with Gasteiger partial charge in [0.1, 0.15) is 11.2 Å². The number of H-pyrrole nitrogens is 1. The van der Waals surface area contributed by atoms with E-state index in [2.05, 4.69) is 32.6 Å². The Morgan fingerprint density at radius 3 is 2.64 bits per heavy atom. The summed E-state index contributed by atoms with van der Waals surface area (Å²) < 4.78 is 31.8. The molecule has 44 heavy (non-hydrogen) atoms. The van der Waals surface area contributed by atoms with Gasteiger partial charge in [0.15, 0.2) is 0 Å². The summed E-state index contributed by atoms with van der Waals surface area (Å²) >= 11 is 0. The highest BCUT2D eigenvalue weighted by atomic mass is 32.2. The predicted octanol–water partition coefficient (Wildman–Crippen LogP) is 2.37. The van der Waals surface area contributed by atoms with Gasteiger partial charge in [-0.05, 0) is 30.5 Å². The van der Waals surface area contributed by atoms with Crippen LogP contribution < -0.4 is 10.2 Å². The molecule has 6 heterocycles. The molecular formula is C30H30N10O3S. The van der Waals surface area contributed by atoms with Gasteiger partial charge < -0.3 is 9.88 Å². The molecule has 13 nitrogen and oxygen atoms in total. The average Bonchev–Trinajstić information content (AvgIpc) is 3.26. The summed E-state index contributed by atoms with van der Waals surface area (Å²) in [5.41, 5.74) is 4.90. The first-order chi connectivity index (χ1) is 21.1. The number of hydrogen-bond acceptors (Lipinski definition) is 8. The van der Waals surface area contributed by atoms with Gasteiger partial charge in [0.25, 0.3) is 5.91 Å². The number of carbonyl (C=O) groups is 1. The quantitative estimate of drug-likeness (QED) is 0.307. The molecule has 1 amide bonds. The third kappa shape index (κ3) is 3.48. The largest absolute Gasteiger partial charge is 0.339 e. The van der Waals surface area contributed by atoms with Gasteiger partial charge in [-0.15, -0.1) is 0 Å². The lowest BCUT2D eigenvalue weighted by molar-refractivity contribution is -0.125. The summed E-state index contributed by atoms with van der Waals surface area (Å²) in [6.07, 6.45) is 8.03. The highest BCUT2D eigenvalue weighted by Crippen LogP contribution is 2.52. The minimum absolute atomic E-state index is 0.0574. The second-order valence-corrected chi connectivity index (χ2v) is 14.4. The lowest BCUT2D eigenvalue weighted by atomic mass is 9.85. The number of amides is 1. The van der Waals surface area contributed by atoms with E-state index in [9.17, 15) is 18.5 Å². The van der Waals surface area contributed by atoms with Crippen molar-refractivity contribution in [2.75, 3.05) is 31.6 Å². The number of likely N-dealkylation sites (N-methyl/N-ethyl adjacent to an activating group) is 1. The topological polar surface area (TPSA) is 158 Å². The number of benzene rings is 1. The molecule has 1 aliphatic carbocycles. The number of pyridine rings is 1. The van der Waals surface area contributed by atoms with Gasteiger partial charge in [0, 0.05) is 74.4 Å². The van der Waals surface area contributed by atoms with Crippen molar-refractivity contribution in [3.05, 3.63) is 48.5 Å². The van der Waals surface area contributed by atoms with Crippen molar-refractivity contribution in [1.29, 1.82) is 5.26 Å². The first-order valence-electron chi connectivity index (χ1n) is 14.5. The van der Waals surface area contributed by atoms with E-state index in [1.807, 2.05) is 43.3 Å². The Kier molecular flexibility index (Phi) is 5.51. The second kappa shape index (κ2) is 8.98. The van der Waals surface area contributed by atoms with Crippen LogP contribution in [0, 0.1) is 11.3 Å².